The van der Waals surface area contributed by atoms with Gasteiger partial charge in [0.1, 0.15) is 18.1 Å². The first kappa shape index (κ1) is 17.6. The van der Waals surface area contributed by atoms with Crippen LogP contribution in [0.25, 0.3) is 0 Å². The smallest absolute Gasteiger partial charge is 0.383 e. The molecule has 3 N–H and O–H groups in total. The summed E-state index contributed by atoms with van der Waals surface area (Å²) in [6.07, 6.45) is -3.32. The van der Waals surface area contributed by atoms with E-state index in [2.05, 4.69) is 20.3 Å². The van der Waals surface area contributed by atoms with E-state index in [4.69, 9.17) is 10.5 Å². The lowest BCUT2D eigenvalue weighted by Gasteiger charge is -2.09. The molecule has 0 unspecified atom stereocenters. The molecule has 0 aliphatic rings. The van der Waals surface area contributed by atoms with Gasteiger partial charge in [0.15, 0.2) is 5.82 Å². The second kappa shape index (κ2) is 7.21. The fourth-order valence-corrected chi connectivity index (χ4v) is 1.81. The Morgan fingerprint density at radius 3 is 2.71 bits per heavy atom. The molecule has 2 aromatic heterocycles. The first-order chi connectivity index (χ1) is 11.3. The van der Waals surface area contributed by atoms with Crippen LogP contribution in [-0.4, -0.2) is 28.0 Å². The van der Waals surface area contributed by atoms with Crippen LogP contribution in [0.4, 0.5) is 19.0 Å². The summed E-state index contributed by atoms with van der Waals surface area (Å²) in [5, 5.41) is 2.43. The summed E-state index contributed by atoms with van der Waals surface area (Å²) in [5.41, 5.74) is 4.72. The average Bonchev–Trinajstić information content (AvgIpc) is 2.52. The molecule has 2 rings (SSSR count). The Hall–Kier alpha value is -2.75. The molecule has 0 aliphatic carbocycles. The van der Waals surface area contributed by atoms with Crippen LogP contribution >= 0.6 is 0 Å². The summed E-state index contributed by atoms with van der Waals surface area (Å²) in [6.45, 7) is -0.0533. The normalized spacial score (nSPS) is 11.3. The number of carbonyl (C=O) groups is 1. The number of carbonyl (C=O) groups excluding carboxylic acids is 1. The molecule has 2 aromatic rings. The zero-order chi connectivity index (χ0) is 17.7. The molecule has 0 fully saturated rings. The number of nitrogens with one attached hydrogen (secondary N) is 1. The van der Waals surface area contributed by atoms with E-state index in [-0.39, 0.29) is 30.2 Å². The monoisotopic (exact) mass is 341 g/mol. The van der Waals surface area contributed by atoms with Crippen molar-refractivity contribution in [3.63, 3.8) is 0 Å². The number of anilines is 1. The summed E-state index contributed by atoms with van der Waals surface area (Å²) >= 11 is 0. The number of halogens is 3. The summed E-state index contributed by atoms with van der Waals surface area (Å²) in [5.74, 6) is -0.353. The third-order valence-electron chi connectivity index (χ3n) is 2.91. The van der Waals surface area contributed by atoms with Crippen molar-refractivity contribution in [1.29, 1.82) is 0 Å². The number of nitrogens with two attached hydrogens (primary N) is 1. The van der Waals surface area contributed by atoms with Crippen molar-refractivity contribution in [2.75, 3.05) is 12.8 Å². The van der Waals surface area contributed by atoms with Crippen LogP contribution in [0.2, 0.25) is 0 Å². The number of rotatable bonds is 5. The SMILES string of the molecule is COCc1ncc(C(=O)NCc2cccc(C(F)(F)F)n2)c(N)n1. The predicted molar refractivity (Wildman–Crippen MR) is 77.6 cm³/mol. The number of aromatic nitrogens is 3. The predicted octanol–water partition coefficient (Wildman–Crippen LogP) is 1.55. The average molecular weight is 341 g/mol. The number of ether oxygens (including phenoxy) is 1. The lowest BCUT2D eigenvalue weighted by Crippen LogP contribution is -2.25. The molecule has 0 aromatic carbocycles. The summed E-state index contributed by atoms with van der Waals surface area (Å²) < 4.78 is 42.6. The molecule has 0 saturated carbocycles. The second-order valence-corrected chi connectivity index (χ2v) is 4.71. The van der Waals surface area contributed by atoms with Crippen LogP contribution in [-0.2, 0) is 24.1 Å². The van der Waals surface area contributed by atoms with E-state index in [0.717, 1.165) is 6.07 Å². The molecule has 128 valence electrons. The van der Waals surface area contributed by atoms with Gasteiger partial charge in [0.25, 0.3) is 5.91 Å². The highest BCUT2D eigenvalue weighted by atomic mass is 19.4. The maximum atomic E-state index is 12.6. The van der Waals surface area contributed by atoms with Gasteiger partial charge in [-0.25, -0.2) is 15.0 Å². The molecule has 0 aliphatic heterocycles. The number of methoxy groups -OCH3 is 1. The molecule has 0 spiro atoms. The number of amides is 1. The summed E-state index contributed by atoms with van der Waals surface area (Å²) in [7, 11) is 1.46. The molecule has 24 heavy (non-hydrogen) atoms. The zero-order valence-corrected chi connectivity index (χ0v) is 12.6. The van der Waals surface area contributed by atoms with Crippen molar-refractivity contribution in [3.8, 4) is 0 Å². The molecule has 10 heteroatoms. The van der Waals surface area contributed by atoms with Crippen LogP contribution < -0.4 is 11.1 Å². The van der Waals surface area contributed by atoms with E-state index < -0.39 is 17.8 Å². The maximum Gasteiger partial charge on any atom is 0.433 e. The molecule has 0 saturated heterocycles. The highest BCUT2D eigenvalue weighted by Gasteiger charge is 2.32. The van der Waals surface area contributed by atoms with Crippen molar-refractivity contribution < 1.29 is 22.7 Å². The van der Waals surface area contributed by atoms with E-state index >= 15 is 0 Å². The van der Waals surface area contributed by atoms with E-state index in [9.17, 15) is 18.0 Å². The Kier molecular flexibility index (Phi) is 5.29. The first-order valence-corrected chi connectivity index (χ1v) is 6.73. The van der Waals surface area contributed by atoms with Crippen molar-refractivity contribution in [2.45, 2.75) is 19.3 Å². The molecule has 0 radical (unpaired) electrons. The van der Waals surface area contributed by atoms with E-state index in [1.807, 2.05) is 0 Å². The third-order valence-corrected chi connectivity index (χ3v) is 2.91. The van der Waals surface area contributed by atoms with Gasteiger partial charge in [-0.2, -0.15) is 13.2 Å². The van der Waals surface area contributed by atoms with Gasteiger partial charge >= 0.3 is 6.18 Å². The van der Waals surface area contributed by atoms with Gasteiger partial charge in [-0.05, 0) is 12.1 Å². The highest BCUT2D eigenvalue weighted by Crippen LogP contribution is 2.27. The third kappa shape index (κ3) is 4.38. The van der Waals surface area contributed by atoms with Gasteiger partial charge in [-0.1, -0.05) is 6.07 Å². The Balaban J connectivity index is 2.06. The molecule has 2 heterocycles. The maximum absolute atomic E-state index is 12.6. The molecular formula is C14H14F3N5O2. The second-order valence-electron chi connectivity index (χ2n) is 4.71. The van der Waals surface area contributed by atoms with Crippen molar-refractivity contribution >= 4 is 11.7 Å². The Labute approximate surface area is 135 Å². The lowest BCUT2D eigenvalue weighted by molar-refractivity contribution is -0.141. The van der Waals surface area contributed by atoms with Crippen molar-refractivity contribution in [1.82, 2.24) is 20.3 Å². The molecule has 1 amide bonds. The number of hydrogen-bond donors (Lipinski definition) is 2. The molecule has 0 bridgehead atoms. The number of alkyl halides is 3. The quantitative estimate of drug-likeness (QED) is 0.855. The van der Waals surface area contributed by atoms with Gasteiger partial charge in [-0.3, -0.25) is 4.79 Å². The van der Waals surface area contributed by atoms with E-state index in [1.54, 1.807) is 0 Å². The topological polar surface area (TPSA) is 103 Å². The standard InChI is InChI=1S/C14H14F3N5O2/c1-24-7-11-19-6-9(12(18)22-11)13(23)20-5-8-3-2-4-10(21-8)14(15,16)17/h2-4,6H,5,7H2,1H3,(H,20,23)(H2,18,19,22). The van der Waals surface area contributed by atoms with Crippen LogP contribution in [0.3, 0.4) is 0 Å². The van der Waals surface area contributed by atoms with E-state index in [1.165, 1.54) is 25.4 Å². The Morgan fingerprint density at radius 2 is 2.08 bits per heavy atom. The van der Waals surface area contributed by atoms with Crippen molar-refractivity contribution in [3.05, 3.63) is 47.2 Å². The summed E-state index contributed by atoms with van der Waals surface area (Å²) in [4.78, 5) is 23.3. The number of hydrogen-bond acceptors (Lipinski definition) is 6. The number of pyridine rings is 1. The molecule has 0 atom stereocenters. The Bertz CT molecular complexity index is 737. The zero-order valence-electron chi connectivity index (χ0n) is 12.6. The minimum absolute atomic E-state index is 0.0156. The Morgan fingerprint density at radius 1 is 1.33 bits per heavy atom. The van der Waals surface area contributed by atoms with Crippen LogP contribution in [0.15, 0.2) is 24.4 Å². The fourth-order valence-electron chi connectivity index (χ4n) is 1.81. The largest absolute Gasteiger partial charge is 0.433 e. The van der Waals surface area contributed by atoms with Crippen molar-refractivity contribution in [2.24, 2.45) is 0 Å². The molecule has 7 nitrogen and oxygen atoms in total. The van der Waals surface area contributed by atoms with Crippen LogP contribution in [0, 0.1) is 0 Å². The summed E-state index contributed by atoms with van der Waals surface area (Å²) in [6, 6.07) is 3.44. The highest BCUT2D eigenvalue weighted by molar-refractivity contribution is 5.97. The molecular weight excluding hydrogens is 327 g/mol. The van der Waals surface area contributed by atoms with Crippen LogP contribution in [0.5, 0.6) is 0 Å². The number of nitrogen functional groups attached to an aromatic ring is 1. The van der Waals surface area contributed by atoms with E-state index in [0.29, 0.717) is 5.82 Å². The van der Waals surface area contributed by atoms with Gasteiger partial charge in [0.2, 0.25) is 0 Å². The van der Waals surface area contributed by atoms with Gasteiger partial charge in [0, 0.05) is 13.3 Å². The fraction of sp³-hybridized carbons (Fsp3) is 0.286. The van der Waals surface area contributed by atoms with Gasteiger partial charge in [-0.15, -0.1) is 0 Å². The lowest BCUT2D eigenvalue weighted by atomic mass is 10.2. The minimum atomic E-state index is -4.55. The number of nitrogens with zero attached hydrogens (tertiary/aromatic N) is 3. The van der Waals surface area contributed by atoms with Gasteiger partial charge in [0.05, 0.1) is 17.8 Å². The van der Waals surface area contributed by atoms with Gasteiger partial charge < -0.3 is 15.8 Å². The minimum Gasteiger partial charge on any atom is -0.383 e. The first-order valence-electron chi connectivity index (χ1n) is 6.73. The van der Waals surface area contributed by atoms with Crippen LogP contribution in [0.1, 0.15) is 27.6 Å².